The van der Waals surface area contributed by atoms with Gasteiger partial charge in [-0.3, -0.25) is 0 Å². The van der Waals surface area contributed by atoms with Gasteiger partial charge >= 0.3 is 5.97 Å². The lowest BCUT2D eigenvalue weighted by Gasteiger charge is -2.10. The van der Waals surface area contributed by atoms with Crippen LogP contribution in [0.15, 0.2) is 30.5 Å². The van der Waals surface area contributed by atoms with Crippen molar-refractivity contribution in [2.75, 3.05) is 17.8 Å². The molecule has 0 spiro atoms. The first kappa shape index (κ1) is 14.1. The Bertz CT molecular complexity index is 952. The van der Waals surface area contributed by atoms with Crippen LogP contribution in [0.3, 0.4) is 0 Å². The van der Waals surface area contributed by atoms with Crippen LogP contribution in [-0.4, -0.2) is 32.5 Å². The van der Waals surface area contributed by atoms with Gasteiger partial charge in [-0.15, -0.1) is 5.10 Å². The Morgan fingerprint density at radius 1 is 1.33 bits per heavy atom. The normalized spacial score (nSPS) is 12.5. The highest BCUT2D eigenvalue weighted by molar-refractivity contribution is 5.95. The molecular weight excluding hydrogens is 314 g/mol. The van der Waals surface area contributed by atoms with Crippen molar-refractivity contribution in [1.29, 1.82) is 0 Å². The number of hydrogen-bond donors (Lipinski definition) is 3. The maximum atomic E-state index is 11.5. The summed E-state index contributed by atoms with van der Waals surface area (Å²) in [6, 6.07) is 6.97. The van der Waals surface area contributed by atoms with Crippen LogP contribution in [0.2, 0.25) is 0 Å². The molecule has 4 N–H and O–H groups in total. The van der Waals surface area contributed by atoms with Gasteiger partial charge in [-0.2, -0.15) is 4.98 Å². The second kappa shape index (κ2) is 5.30. The van der Waals surface area contributed by atoms with Gasteiger partial charge in [0.15, 0.2) is 17.1 Å². The van der Waals surface area contributed by atoms with Crippen molar-refractivity contribution in [3.8, 4) is 11.5 Å². The van der Waals surface area contributed by atoms with Crippen molar-refractivity contribution in [1.82, 2.24) is 14.6 Å². The summed E-state index contributed by atoms with van der Waals surface area (Å²) in [4.78, 5) is 15.4. The Labute approximate surface area is 135 Å². The zero-order valence-electron chi connectivity index (χ0n) is 12.4. The summed E-state index contributed by atoms with van der Waals surface area (Å²) in [6.45, 7) is 0.617. The molecule has 9 heteroatoms. The van der Waals surface area contributed by atoms with Crippen LogP contribution < -0.4 is 20.5 Å². The third-order valence-corrected chi connectivity index (χ3v) is 3.64. The van der Waals surface area contributed by atoms with Crippen LogP contribution in [0, 0.1) is 0 Å². The lowest BCUT2D eigenvalue weighted by molar-refractivity contribution is 0.0698. The smallest absolute Gasteiger partial charge is 0.337 e. The lowest BCUT2D eigenvalue weighted by Crippen LogP contribution is -2.08. The number of carboxylic acid groups (broad SMARTS) is 1. The number of rotatable bonds is 4. The fourth-order valence-electron chi connectivity index (χ4n) is 2.51. The summed E-state index contributed by atoms with van der Waals surface area (Å²) in [5.74, 6) is 0.392. The number of nitrogen functional groups attached to an aromatic ring is 1. The van der Waals surface area contributed by atoms with E-state index < -0.39 is 5.97 Å². The van der Waals surface area contributed by atoms with E-state index in [4.69, 9.17) is 15.2 Å². The number of fused-ring (bicyclic) bond motifs is 2. The van der Waals surface area contributed by atoms with E-state index in [0.717, 1.165) is 5.56 Å². The first-order valence-corrected chi connectivity index (χ1v) is 7.12. The highest BCUT2D eigenvalue weighted by Crippen LogP contribution is 2.32. The lowest BCUT2D eigenvalue weighted by atomic mass is 10.1. The monoisotopic (exact) mass is 327 g/mol. The largest absolute Gasteiger partial charge is 0.478 e. The Hall–Kier alpha value is -3.49. The van der Waals surface area contributed by atoms with Crippen molar-refractivity contribution in [2.45, 2.75) is 6.54 Å². The van der Waals surface area contributed by atoms with Gasteiger partial charge in [-0.25, -0.2) is 9.31 Å². The summed E-state index contributed by atoms with van der Waals surface area (Å²) >= 11 is 0. The van der Waals surface area contributed by atoms with Gasteiger partial charge in [0.05, 0.1) is 17.4 Å². The Kier molecular flexibility index (Phi) is 3.12. The quantitative estimate of drug-likeness (QED) is 0.656. The highest BCUT2D eigenvalue weighted by atomic mass is 16.7. The van der Waals surface area contributed by atoms with E-state index in [0.29, 0.717) is 29.4 Å². The molecule has 0 radical (unpaired) electrons. The molecule has 3 heterocycles. The van der Waals surface area contributed by atoms with Gasteiger partial charge < -0.3 is 25.6 Å². The minimum atomic E-state index is -1.06. The van der Waals surface area contributed by atoms with E-state index >= 15 is 0 Å². The second-order valence-corrected chi connectivity index (χ2v) is 5.22. The third-order valence-electron chi connectivity index (χ3n) is 3.64. The maximum Gasteiger partial charge on any atom is 0.337 e. The van der Waals surface area contributed by atoms with E-state index in [2.05, 4.69) is 15.4 Å². The topological polar surface area (TPSA) is 124 Å². The summed E-state index contributed by atoms with van der Waals surface area (Å²) in [5.41, 5.74) is 7.35. The molecule has 0 atom stereocenters. The fourth-order valence-corrected chi connectivity index (χ4v) is 2.51. The van der Waals surface area contributed by atoms with Crippen LogP contribution in [-0.2, 0) is 6.54 Å². The van der Waals surface area contributed by atoms with Gasteiger partial charge in [0.2, 0.25) is 12.7 Å². The number of benzene rings is 1. The average molecular weight is 327 g/mol. The number of pyridine rings is 1. The molecule has 0 unspecified atom stereocenters. The molecule has 0 saturated heterocycles. The summed E-state index contributed by atoms with van der Waals surface area (Å²) in [7, 11) is 0. The van der Waals surface area contributed by atoms with Crippen molar-refractivity contribution in [2.24, 2.45) is 0 Å². The number of carboxylic acids is 1. The van der Waals surface area contributed by atoms with E-state index in [1.165, 1.54) is 10.6 Å². The molecule has 0 bridgehead atoms. The van der Waals surface area contributed by atoms with E-state index in [1.54, 1.807) is 6.20 Å². The van der Waals surface area contributed by atoms with Crippen LogP contribution in [0.25, 0.3) is 5.65 Å². The molecule has 3 aromatic rings. The van der Waals surface area contributed by atoms with Crippen LogP contribution >= 0.6 is 0 Å². The van der Waals surface area contributed by atoms with Gasteiger partial charge in [0, 0.05) is 6.54 Å². The predicted molar refractivity (Wildman–Crippen MR) is 84.3 cm³/mol. The number of hydrogen-bond acceptors (Lipinski definition) is 7. The Balaban J connectivity index is 1.63. The molecule has 9 nitrogen and oxygen atoms in total. The Morgan fingerprint density at radius 2 is 2.17 bits per heavy atom. The number of carbonyl (C=O) groups is 1. The molecule has 0 amide bonds. The van der Waals surface area contributed by atoms with E-state index in [9.17, 15) is 9.90 Å². The van der Waals surface area contributed by atoms with Crippen molar-refractivity contribution < 1.29 is 19.4 Å². The molecule has 0 fully saturated rings. The standard InChI is InChI=1S/C15H13N5O4/c16-15-18-13-4-9(14(21)22)10(6-20(13)19-15)17-5-8-1-2-11-12(3-8)24-7-23-11/h1-4,6,17H,5,7H2,(H2,16,19)(H,21,22). The molecular formula is C15H13N5O4. The first-order valence-electron chi connectivity index (χ1n) is 7.12. The SMILES string of the molecule is Nc1nc2cc(C(=O)O)c(NCc3ccc4c(c3)OCO4)cn2n1. The molecule has 1 aliphatic heterocycles. The second-order valence-electron chi connectivity index (χ2n) is 5.22. The number of ether oxygens (including phenoxy) is 2. The molecule has 0 saturated carbocycles. The Morgan fingerprint density at radius 3 is 3.00 bits per heavy atom. The molecule has 122 valence electrons. The predicted octanol–water partition coefficient (Wildman–Crippen LogP) is 1.35. The van der Waals surface area contributed by atoms with Crippen molar-refractivity contribution >= 4 is 23.3 Å². The summed E-state index contributed by atoms with van der Waals surface area (Å²) < 4.78 is 12.0. The highest BCUT2D eigenvalue weighted by Gasteiger charge is 2.16. The van der Waals surface area contributed by atoms with Gasteiger partial charge in [-0.05, 0) is 23.8 Å². The number of nitrogens with one attached hydrogen (secondary N) is 1. The van der Waals surface area contributed by atoms with Gasteiger partial charge in [0.1, 0.15) is 0 Å². The molecule has 1 aliphatic rings. The van der Waals surface area contributed by atoms with Crippen LogP contribution in [0.5, 0.6) is 11.5 Å². The van der Waals surface area contributed by atoms with Crippen molar-refractivity contribution in [3.63, 3.8) is 0 Å². The minimum absolute atomic E-state index is 0.0826. The molecule has 2 aromatic heterocycles. The third kappa shape index (κ3) is 2.41. The maximum absolute atomic E-state index is 11.5. The van der Waals surface area contributed by atoms with Gasteiger partial charge in [0.25, 0.3) is 0 Å². The number of nitrogens with zero attached hydrogens (tertiary/aromatic N) is 3. The average Bonchev–Trinajstić information content (AvgIpc) is 3.15. The minimum Gasteiger partial charge on any atom is -0.478 e. The van der Waals surface area contributed by atoms with Crippen LogP contribution in [0.4, 0.5) is 11.6 Å². The molecule has 1 aromatic carbocycles. The molecule has 0 aliphatic carbocycles. The number of aromatic carboxylic acids is 1. The fraction of sp³-hybridized carbons (Fsp3) is 0.133. The van der Waals surface area contributed by atoms with E-state index in [1.807, 2.05) is 18.2 Å². The molecule has 24 heavy (non-hydrogen) atoms. The number of aromatic nitrogens is 3. The van der Waals surface area contributed by atoms with Crippen molar-refractivity contribution in [3.05, 3.63) is 41.6 Å². The zero-order chi connectivity index (χ0) is 16.7. The summed E-state index contributed by atoms with van der Waals surface area (Å²) in [6.07, 6.45) is 1.55. The van der Waals surface area contributed by atoms with E-state index in [-0.39, 0.29) is 18.3 Å². The number of nitrogens with two attached hydrogens (primary N) is 1. The zero-order valence-corrected chi connectivity index (χ0v) is 12.4. The number of anilines is 2. The van der Waals surface area contributed by atoms with Crippen LogP contribution in [0.1, 0.15) is 15.9 Å². The molecule has 4 rings (SSSR count). The van der Waals surface area contributed by atoms with Gasteiger partial charge in [-0.1, -0.05) is 6.07 Å². The first-order chi connectivity index (χ1) is 11.6. The summed E-state index contributed by atoms with van der Waals surface area (Å²) in [5, 5.41) is 16.5.